The zero-order chi connectivity index (χ0) is 21.0. The third kappa shape index (κ3) is 4.76. The van der Waals surface area contributed by atoms with E-state index in [2.05, 4.69) is 10.4 Å². The van der Waals surface area contributed by atoms with Gasteiger partial charge in [0.15, 0.2) is 0 Å². The minimum absolute atomic E-state index is 0.107. The maximum Gasteiger partial charge on any atom is 0.327 e. The number of ether oxygens (including phenoxy) is 2. The first-order valence-electron chi connectivity index (χ1n) is 9.49. The van der Waals surface area contributed by atoms with Crippen molar-refractivity contribution in [1.82, 2.24) is 9.78 Å². The van der Waals surface area contributed by atoms with Crippen molar-refractivity contribution >= 4 is 32.4 Å². The molecule has 3 aromatic rings. The molecule has 3 rings (SSSR count). The van der Waals surface area contributed by atoms with Crippen LogP contribution in [-0.2, 0) is 22.6 Å². The number of anilines is 1. The largest absolute Gasteiger partial charge is 0.497 e. The van der Waals surface area contributed by atoms with E-state index in [9.17, 15) is 9.59 Å². The number of rotatable bonds is 8. The summed E-state index contributed by atoms with van der Waals surface area (Å²) in [7, 11) is 1.64. The van der Waals surface area contributed by atoms with Crippen LogP contribution in [0.2, 0.25) is 0 Å². The summed E-state index contributed by atoms with van der Waals surface area (Å²) in [5.41, 5.74) is 1.61. The summed E-state index contributed by atoms with van der Waals surface area (Å²) in [4.78, 5) is 24.7. The molecule has 0 spiro atoms. The lowest BCUT2D eigenvalue weighted by Crippen LogP contribution is -2.28. The van der Waals surface area contributed by atoms with E-state index in [1.807, 2.05) is 44.2 Å². The van der Waals surface area contributed by atoms with Crippen LogP contribution in [0.25, 0.3) is 10.1 Å². The summed E-state index contributed by atoms with van der Waals surface area (Å²) < 4.78 is 11.9. The number of thiophene rings is 1. The Morgan fingerprint density at radius 3 is 2.62 bits per heavy atom. The number of nitrogens with one attached hydrogen (secondary N) is 1. The Balaban J connectivity index is 1.90. The topological polar surface area (TPSA) is 82.5 Å². The van der Waals surface area contributed by atoms with Crippen LogP contribution in [0.5, 0.6) is 5.75 Å². The lowest BCUT2D eigenvalue weighted by molar-refractivity contribution is -0.144. The second-order valence-corrected chi connectivity index (χ2v) is 7.92. The number of benzene rings is 1. The highest BCUT2D eigenvalue weighted by molar-refractivity contribution is 7.22. The summed E-state index contributed by atoms with van der Waals surface area (Å²) in [5.74, 6) is 0.451. The predicted octanol–water partition coefficient (Wildman–Crippen LogP) is 3.77. The number of methoxy groups -OCH3 is 1. The van der Waals surface area contributed by atoms with Crippen molar-refractivity contribution in [2.24, 2.45) is 0 Å². The summed E-state index contributed by atoms with van der Waals surface area (Å²) in [6.45, 7) is 6.47. The van der Waals surface area contributed by atoms with Crippen molar-refractivity contribution in [2.45, 2.75) is 39.8 Å². The number of hydrogen-bond donors (Lipinski definition) is 1. The van der Waals surface area contributed by atoms with Crippen LogP contribution < -0.4 is 15.6 Å². The molecule has 0 aliphatic heterocycles. The molecule has 0 atom stereocenters. The van der Waals surface area contributed by atoms with Gasteiger partial charge in [-0.2, -0.15) is 5.10 Å². The van der Waals surface area contributed by atoms with E-state index in [0.29, 0.717) is 11.2 Å². The smallest absolute Gasteiger partial charge is 0.327 e. The first-order chi connectivity index (χ1) is 13.9. The number of fused-ring (bicyclic) bond motifs is 1. The van der Waals surface area contributed by atoms with E-state index >= 15 is 0 Å². The molecule has 7 nitrogen and oxygen atoms in total. The number of hydrogen-bond acceptors (Lipinski definition) is 7. The van der Waals surface area contributed by atoms with Gasteiger partial charge in [-0.25, -0.2) is 4.68 Å². The quantitative estimate of drug-likeness (QED) is 0.564. The Hall–Kier alpha value is -2.87. The SMILES string of the molecule is CCOC(=O)Cn1nc(C(C)C)c2cc(NCc3ccc(OC)cc3)sc2c1=O. The molecule has 2 heterocycles. The first-order valence-corrected chi connectivity index (χ1v) is 10.3. The van der Waals surface area contributed by atoms with Gasteiger partial charge in [-0.15, -0.1) is 11.3 Å². The average molecular weight is 416 g/mol. The van der Waals surface area contributed by atoms with E-state index in [0.717, 1.165) is 27.4 Å². The Morgan fingerprint density at radius 1 is 1.28 bits per heavy atom. The second-order valence-electron chi connectivity index (χ2n) is 6.86. The van der Waals surface area contributed by atoms with Gasteiger partial charge in [-0.05, 0) is 36.6 Å². The number of esters is 1. The van der Waals surface area contributed by atoms with Gasteiger partial charge >= 0.3 is 5.97 Å². The lowest BCUT2D eigenvalue weighted by atomic mass is 10.1. The van der Waals surface area contributed by atoms with Crippen LogP contribution in [0.3, 0.4) is 0 Å². The Labute approximate surface area is 173 Å². The fourth-order valence-electron chi connectivity index (χ4n) is 2.97. The Bertz CT molecular complexity index is 1050. The monoisotopic (exact) mass is 415 g/mol. The van der Waals surface area contributed by atoms with E-state index in [4.69, 9.17) is 9.47 Å². The normalized spacial score (nSPS) is 11.1. The molecule has 0 saturated heterocycles. The molecule has 1 aromatic carbocycles. The standard InChI is InChI=1S/C21H25N3O4S/c1-5-28-18(25)12-24-21(26)20-16(19(23-24)13(2)3)10-17(29-20)22-11-14-6-8-15(27-4)9-7-14/h6-10,13,22H,5,11-12H2,1-4H3. The third-order valence-electron chi connectivity index (χ3n) is 4.42. The molecule has 0 aliphatic carbocycles. The molecule has 29 heavy (non-hydrogen) atoms. The molecule has 0 radical (unpaired) electrons. The van der Waals surface area contributed by atoms with Crippen molar-refractivity contribution in [1.29, 1.82) is 0 Å². The molecule has 154 valence electrons. The number of carbonyl (C=O) groups is 1. The van der Waals surface area contributed by atoms with Gasteiger partial charge in [0.1, 0.15) is 17.0 Å². The van der Waals surface area contributed by atoms with Crippen LogP contribution in [0.1, 0.15) is 37.9 Å². The van der Waals surface area contributed by atoms with Crippen molar-refractivity contribution < 1.29 is 14.3 Å². The average Bonchev–Trinajstić information content (AvgIpc) is 3.13. The highest BCUT2D eigenvalue weighted by atomic mass is 32.1. The van der Waals surface area contributed by atoms with Crippen LogP contribution in [0.15, 0.2) is 35.1 Å². The summed E-state index contributed by atoms with van der Waals surface area (Å²) in [6, 6.07) is 9.77. The van der Waals surface area contributed by atoms with Crippen LogP contribution in [0, 0.1) is 0 Å². The van der Waals surface area contributed by atoms with E-state index < -0.39 is 5.97 Å². The van der Waals surface area contributed by atoms with Crippen molar-refractivity contribution in [3.8, 4) is 5.75 Å². The predicted molar refractivity (Wildman–Crippen MR) is 115 cm³/mol. The van der Waals surface area contributed by atoms with Gasteiger partial charge in [-0.3, -0.25) is 9.59 Å². The summed E-state index contributed by atoms with van der Waals surface area (Å²) in [5, 5.41) is 9.52. The lowest BCUT2D eigenvalue weighted by Gasteiger charge is -2.10. The van der Waals surface area contributed by atoms with Crippen LogP contribution >= 0.6 is 11.3 Å². The van der Waals surface area contributed by atoms with Crippen molar-refractivity contribution in [3.63, 3.8) is 0 Å². The fourth-order valence-corrected chi connectivity index (χ4v) is 3.98. The second kappa shape index (κ2) is 9.09. The van der Waals surface area contributed by atoms with Gasteiger partial charge in [0.2, 0.25) is 0 Å². The minimum Gasteiger partial charge on any atom is -0.497 e. The molecule has 0 amide bonds. The minimum atomic E-state index is -0.467. The zero-order valence-corrected chi connectivity index (χ0v) is 17.8. The molecule has 1 N–H and O–H groups in total. The first kappa shape index (κ1) is 20.9. The van der Waals surface area contributed by atoms with Crippen molar-refractivity contribution in [3.05, 3.63) is 51.9 Å². The van der Waals surface area contributed by atoms with Gasteiger partial charge < -0.3 is 14.8 Å². The summed E-state index contributed by atoms with van der Waals surface area (Å²) in [6.07, 6.45) is 0. The van der Waals surface area contributed by atoms with Gasteiger partial charge in [0, 0.05) is 11.9 Å². The third-order valence-corrected chi connectivity index (χ3v) is 5.50. The molecular weight excluding hydrogens is 390 g/mol. The number of nitrogens with zero attached hydrogens (tertiary/aromatic N) is 2. The van der Waals surface area contributed by atoms with Gasteiger partial charge in [0.05, 0.1) is 24.4 Å². The molecule has 0 bridgehead atoms. The molecule has 0 fully saturated rings. The molecular formula is C21H25N3O4S. The number of aromatic nitrogens is 2. The highest BCUT2D eigenvalue weighted by Gasteiger charge is 2.18. The Morgan fingerprint density at radius 2 is 2.00 bits per heavy atom. The van der Waals surface area contributed by atoms with E-state index in [-0.39, 0.29) is 24.6 Å². The van der Waals surface area contributed by atoms with Gasteiger partial charge in [0.25, 0.3) is 5.56 Å². The van der Waals surface area contributed by atoms with Crippen LogP contribution in [0.4, 0.5) is 5.00 Å². The molecule has 8 heteroatoms. The highest BCUT2D eigenvalue weighted by Crippen LogP contribution is 2.32. The summed E-state index contributed by atoms with van der Waals surface area (Å²) >= 11 is 1.38. The van der Waals surface area contributed by atoms with Gasteiger partial charge in [-0.1, -0.05) is 26.0 Å². The maximum atomic E-state index is 12.9. The fraction of sp³-hybridized carbons (Fsp3) is 0.381. The van der Waals surface area contributed by atoms with E-state index in [1.54, 1.807) is 14.0 Å². The van der Waals surface area contributed by atoms with E-state index in [1.165, 1.54) is 16.0 Å². The molecule has 0 unspecified atom stereocenters. The Kier molecular flexibility index (Phi) is 6.53. The molecule has 0 saturated carbocycles. The maximum absolute atomic E-state index is 12.9. The number of carbonyl (C=O) groups excluding carboxylic acids is 1. The molecule has 2 aromatic heterocycles. The zero-order valence-electron chi connectivity index (χ0n) is 17.0. The van der Waals surface area contributed by atoms with Crippen molar-refractivity contribution in [2.75, 3.05) is 19.0 Å². The molecule has 0 aliphatic rings. The van der Waals surface area contributed by atoms with Crippen LogP contribution in [-0.4, -0.2) is 29.5 Å².